The molecule has 2 rings (SSSR count). The second kappa shape index (κ2) is 3.15. The Kier molecular flexibility index (Phi) is 1.99. The lowest BCUT2D eigenvalue weighted by Gasteiger charge is -1.99. The molecule has 0 radical (unpaired) electrons. The molecule has 13 heavy (non-hydrogen) atoms. The van der Waals surface area contributed by atoms with E-state index in [1.165, 1.54) is 6.21 Å². The third kappa shape index (κ3) is 1.40. The van der Waals surface area contributed by atoms with Gasteiger partial charge in [-0.2, -0.15) is 0 Å². The largest absolute Gasteiger partial charge is 0.308 e. The number of aromatic nitrogens is 1. The van der Waals surface area contributed by atoms with Gasteiger partial charge in [0.1, 0.15) is 0 Å². The zero-order valence-electron chi connectivity index (χ0n) is 6.79. The van der Waals surface area contributed by atoms with E-state index < -0.39 is 0 Å². The quantitative estimate of drug-likeness (QED) is 0.690. The van der Waals surface area contributed by atoms with E-state index in [1.807, 2.05) is 18.2 Å². The van der Waals surface area contributed by atoms with Gasteiger partial charge in [0.15, 0.2) is 0 Å². The fraction of sp³-hybridized carbons (Fsp3) is 0. The number of halogens is 1. The van der Waals surface area contributed by atoms with Gasteiger partial charge < -0.3 is 5.41 Å². The summed E-state index contributed by atoms with van der Waals surface area (Å²) < 4.78 is 0. The molecular formula is C10H7ClN2. The van der Waals surface area contributed by atoms with Gasteiger partial charge in [-0.3, -0.25) is 4.98 Å². The molecule has 0 spiro atoms. The zero-order chi connectivity index (χ0) is 9.26. The van der Waals surface area contributed by atoms with Gasteiger partial charge in [0.2, 0.25) is 0 Å². The third-order valence-electron chi connectivity index (χ3n) is 1.88. The zero-order valence-corrected chi connectivity index (χ0v) is 7.55. The number of pyridine rings is 1. The minimum absolute atomic E-state index is 0.675. The summed E-state index contributed by atoms with van der Waals surface area (Å²) >= 11 is 5.97. The molecule has 1 aromatic carbocycles. The number of benzene rings is 1. The summed E-state index contributed by atoms with van der Waals surface area (Å²) in [5.41, 5.74) is 1.69. The van der Waals surface area contributed by atoms with Crippen LogP contribution in [0.4, 0.5) is 0 Å². The number of rotatable bonds is 1. The maximum atomic E-state index is 7.10. The number of fused-ring (bicyclic) bond motifs is 1. The van der Waals surface area contributed by atoms with E-state index >= 15 is 0 Å². The van der Waals surface area contributed by atoms with E-state index in [4.69, 9.17) is 17.0 Å². The molecule has 0 atom stereocenters. The molecule has 0 saturated heterocycles. The van der Waals surface area contributed by atoms with Gasteiger partial charge in [0, 0.05) is 17.8 Å². The Labute approximate surface area is 80.7 Å². The maximum Gasteiger partial charge on any atom is 0.0717 e. The van der Waals surface area contributed by atoms with Gasteiger partial charge in [0.05, 0.1) is 10.5 Å². The molecule has 3 heteroatoms. The highest BCUT2D eigenvalue weighted by atomic mass is 35.5. The molecule has 2 aromatic rings. The van der Waals surface area contributed by atoms with Crippen molar-refractivity contribution in [3.63, 3.8) is 0 Å². The monoisotopic (exact) mass is 190 g/mol. The number of hydrogen-bond donors (Lipinski definition) is 1. The first-order valence-corrected chi connectivity index (χ1v) is 4.24. The molecule has 0 amide bonds. The Morgan fingerprint density at radius 3 is 2.92 bits per heavy atom. The van der Waals surface area contributed by atoms with Crippen molar-refractivity contribution in [1.82, 2.24) is 4.98 Å². The van der Waals surface area contributed by atoms with Gasteiger partial charge >= 0.3 is 0 Å². The lowest BCUT2D eigenvalue weighted by atomic mass is 10.1. The van der Waals surface area contributed by atoms with Gasteiger partial charge in [-0.15, -0.1) is 0 Å². The van der Waals surface area contributed by atoms with Crippen molar-refractivity contribution in [2.24, 2.45) is 0 Å². The lowest BCUT2D eigenvalue weighted by molar-refractivity contribution is 1.41. The lowest BCUT2D eigenvalue weighted by Crippen LogP contribution is -1.83. The van der Waals surface area contributed by atoms with Crippen LogP contribution < -0.4 is 0 Å². The average Bonchev–Trinajstić information content (AvgIpc) is 2.18. The van der Waals surface area contributed by atoms with Gasteiger partial charge in [-0.05, 0) is 23.8 Å². The van der Waals surface area contributed by atoms with Crippen LogP contribution in [0.1, 0.15) is 5.56 Å². The summed E-state index contributed by atoms with van der Waals surface area (Å²) in [5, 5.41) is 8.67. The molecule has 0 unspecified atom stereocenters. The highest BCUT2D eigenvalue weighted by molar-refractivity contribution is 6.35. The summed E-state index contributed by atoms with van der Waals surface area (Å²) in [4.78, 5) is 4.16. The molecule has 0 aliphatic rings. The van der Waals surface area contributed by atoms with E-state index in [0.717, 1.165) is 16.5 Å². The summed E-state index contributed by atoms with van der Waals surface area (Å²) in [5.74, 6) is 0. The van der Waals surface area contributed by atoms with Crippen LogP contribution in [-0.2, 0) is 0 Å². The minimum Gasteiger partial charge on any atom is -0.308 e. The second-order valence-electron chi connectivity index (χ2n) is 2.71. The predicted molar refractivity (Wildman–Crippen MR) is 54.6 cm³/mol. The molecule has 0 aliphatic carbocycles. The number of hydrogen-bond acceptors (Lipinski definition) is 2. The van der Waals surface area contributed by atoms with Crippen molar-refractivity contribution in [2.75, 3.05) is 0 Å². The molecule has 1 heterocycles. The summed E-state index contributed by atoms with van der Waals surface area (Å²) in [6.45, 7) is 0. The predicted octanol–water partition coefficient (Wildman–Crippen LogP) is 2.89. The third-order valence-corrected chi connectivity index (χ3v) is 2.21. The fourth-order valence-electron chi connectivity index (χ4n) is 1.22. The van der Waals surface area contributed by atoms with E-state index in [1.54, 1.807) is 12.3 Å². The molecule has 1 N–H and O–H groups in total. The van der Waals surface area contributed by atoms with Crippen molar-refractivity contribution < 1.29 is 0 Å². The standard InChI is InChI=1S/C10H7ClN2/c11-9-3-4-13-10-2-1-7(6-12)5-8(9)10/h1-6,12H. The Balaban J connectivity index is 2.81. The molecule has 0 saturated carbocycles. The molecule has 0 fully saturated rings. The van der Waals surface area contributed by atoms with Gasteiger partial charge in [0.25, 0.3) is 0 Å². The molecule has 0 bridgehead atoms. The number of nitrogens with one attached hydrogen (secondary N) is 1. The van der Waals surface area contributed by atoms with Crippen molar-refractivity contribution in [1.29, 1.82) is 5.41 Å². The first-order chi connectivity index (χ1) is 6.31. The molecule has 64 valence electrons. The van der Waals surface area contributed by atoms with Crippen LogP contribution in [0, 0.1) is 5.41 Å². The first kappa shape index (κ1) is 8.20. The summed E-state index contributed by atoms with van der Waals surface area (Å²) in [6, 6.07) is 7.32. The van der Waals surface area contributed by atoms with Crippen molar-refractivity contribution in [2.45, 2.75) is 0 Å². The highest BCUT2D eigenvalue weighted by Gasteiger charge is 1.99. The first-order valence-electron chi connectivity index (χ1n) is 3.86. The number of nitrogens with zero attached hydrogens (tertiary/aromatic N) is 1. The van der Waals surface area contributed by atoms with E-state index in [-0.39, 0.29) is 0 Å². The normalized spacial score (nSPS) is 10.2. The van der Waals surface area contributed by atoms with E-state index in [0.29, 0.717) is 5.02 Å². The summed E-state index contributed by atoms with van der Waals surface area (Å²) in [6.07, 6.45) is 2.97. The Morgan fingerprint density at radius 1 is 1.31 bits per heavy atom. The topological polar surface area (TPSA) is 36.7 Å². The fourth-order valence-corrected chi connectivity index (χ4v) is 1.43. The van der Waals surface area contributed by atoms with Crippen LogP contribution in [0.5, 0.6) is 0 Å². The molecule has 0 aliphatic heterocycles. The molecule has 2 nitrogen and oxygen atoms in total. The van der Waals surface area contributed by atoms with Crippen LogP contribution in [-0.4, -0.2) is 11.2 Å². The SMILES string of the molecule is N=Cc1ccc2nccc(Cl)c2c1. The van der Waals surface area contributed by atoms with Crippen LogP contribution in [0.15, 0.2) is 30.5 Å². The van der Waals surface area contributed by atoms with E-state index in [2.05, 4.69) is 4.98 Å². The van der Waals surface area contributed by atoms with Gasteiger partial charge in [-0.1, -0.05) is 17.7 Å². The Hall–Kier alpha value is -1.41. The Bertz CT molecular complexity index is 465. The molecule has 1 aromatic heterocycles. The van der Waals surface area contributed by atoms with Gasteiger partial charge in [-0.25, -0.2) is 0 Å². The minimum atomic E-state index is 0.675. The van der Waals surface area contributed by atoms with Crippen molar-refractivity contribution in [3.8, 4) is 0 Å². The Morgan fingerprint density at radius 2 is 2.15 bits per heavy atom. The van der Waals surface area contributed by atoms with Crippen LogP contribution in [0.3, 0.4) is 0 Å². The van der Waals surface area contributed by atoms with Crippen LogP contribution in [0.25, 0.3) is 10.9 Å². The van der Waals surface area contributed by atoms with E-state index in [9.17, 15) is 0 Å². The molecular weight excluding hydrogens is 184 g/mol. The van der Waals surface area contributed by atoms with Crippen LogP contribution >= 0.6 is 11.6 Å². The second-order valence-corrected chi connectivity index (χ2v) is 3.12. The summed E-state index contributed by atoms with van der Waals surface area (Å²) in [7, 11) is 0. The highest BCUT2D eigenvalue weighted by Crippen LogP contribution is 2.21. The maximum absolute atomic E-state index is 7.10. The van der Waals surface area contributed by atoms with Crippen molar-refractivity contribution >= 4 is 28.7 Å². The van der Waals surface area contributed by atoms with Crippen LogP contribution in [0.2, 0.25) is 5.02 Å². The van der Waals surface area contributed by atoms with Crippen molar-refractivity contribution in [3.05, 3.63) is 41.0 Å². The smallest absolute Gasteiger partial charge is 0.0717 e. The average molecular weight is 191 g/mol.